The maximum absolute atomic E-state index is 13.0. The summed E-state index contributed by atoms with van der Waals surface area (Å²) in [6, 6.07) is 9.70. The molecule has 2 heterocycles. The molecule has 29 heavy (non-hydrogen) atoms. The van der Waals surface area contributed by atoms with Crippen LogP contribution in [0.25, 0.3) is 0 Å². The summed E-state index contributed by atoms with van der Waals surface area (Å²) in [6.45, 7) is 7.06. The summed E-state index contributed by atoms with van der Waals surface area (Å²) in [7, 11) is -3.63. The fourth-order valence-corrected chi connectivity index (χ4v) is 7.24. The molecule has 158 valence electrons. The molecule has 0 spiro atoms. The van der Waals surface area contributed by atoms with Crippen molar-refractivity contribution in [2.24, 2.45) is 0 Å². The molecule has 1 fully saturated rings. The molecule has 6 nitrogen and oxygen atoms in total. The number of carbonyl (C=O) groups excluding carboxylic acids is 1. The number of thioether (sulfide) groups is 1. The number of hydrogen-bond acceptors (Lipinski definition) is 6. The molecule has 0 atom stereocenters. The molecule has 0 aliphatic carbocycles. The molecule has 0 radical (unpaired) electrons. The van der Waals surface area contributed by atoms with Crippen molar-refractivity contribution in [3.8, 4) is 0 Å². The first kappa shape index (κ1) is 22.1. The Bertz CT molecular complexity index is 937. The standard InChI is InChI=1S/C20H27N3O3S3/c1-3-22(17-7-5-4-6-16(17)2)10-9-21-20(24)19-18(8-13-28-19)29(25,26)23-11-14-27-15-12-23/h4-8,13H,3,9-12,14-15H2,1-2H3,(H,21,24). The van der Waals surface area contributed by atoms with E-state index in [0.29, 0.717) is 26.2 Å². The van der Waals surface area contributed by atoms with E-state index in [-0.39, 0.29) is 15.7 Å². The van der Waals surface area contributed by atoms with Gasteiger partial charge < -0.3 is 10.2 Å². The minimum atomic E-state index is -3.63. The van der Waals surface area contributed by atoms with E-state index < -0.39 is 10.0 Å². The first-order chi connectivity index (χ1) is 13.9. The van der Waals surface area contributed by atoms with Crippen LogP contribution in [0, 0.1) is 6.92 Å². The van der Waals surface area contributed by atoms with Crippen molar-refractivity contribution >= 4 is 44.7 Å². The van der Waals surface area contributed by atoms with Gasteiger partial charge in [-0.15, -0.1) is 11.3 Å². The first-order valence-electron chi connectivity index (χ1n) is 9.69. The van der Waals surface area contributed by atoms with Crippen molar-refractivity contribution in [2.75, 3.05) is 49.1 Å². The van der Waals surface area contributed by atoms with Crippen LogP contribution in [0.15, 0.2) is 40.6 Å². The predicted octanol–water partition coefficient (Wildman–Crippen LogP) is 3.05. The number of carbonyl (C=O) groups is 1. The Morgan fingerprint density at radius 3 is 2.62 bits per heavy atom. The van der Waals surface area contributed by atoms with Crippen molar-refractivity contribution in [1.82, 2.24) is 9.62 Å². The molecule has 1 aromatic heterocycles. The zero-order valence-electron chi connectivity index (χ0n) is 16.8. The van der Waals surface area contributed by atoms with Crippen LogP contribution in [0.3, 0.4) is 0 Å². The van der Waals surface area contributed by atoms with Gasteiger partial charge in [-0.25, -0.2) is 8.42 Å². The van der Waals surface area contributed by atoms with Gasteiger partial charge in [0, 0.05) is 49.9 Å². The number of sulfonamides is 1. The number of nitrogens with one attached hydrogen (secondary N) is 1. The van der Waals surface area contributed by atoms with Gasteiger partial charge in [0.25, 0.3) is 5.91 Å². The molecule has 1 aromatic carbocycles. The number of benzene rings is 1. The topological polar surface area (TPSA) is 69.7 Å². The van der Waals surface area contributed by atoms with Crippen LogP contribution >= 0.6 is 23.1 Å². The third-order valence-electron chi connectivity index (χ3n) is 4.93. The van der Waals surface area contributed by atoms with Crippen molar-refractivity contribution in [1.29, 1.82) is 0 Å². The normalized spacial score (nSPS) is 15.2. The number of amides is 1. The molecule has 9 heteroatoms. The van der Waals surface area contributed by atoms with E-state index in [1.807, 2.05) is 12.1 Å². The van der Waals surface area contributed by atoms with Gasteiger partial charge in [-0.05, 0) is 36.9 Å². The van der Waals surface area contributed by atoms with Gasteiger partial charge >= 0.3 is 0 Å². The molecule has 0 saturated carbocycles. The quantitative estimate of drug-likeness (QED) is 0.665. The van der Waals surface area contributed by atoms with Crippen molar-refractivity contribution in [3.05, 3.63) is 46.2 Å². The number of likely N-dealkylation sites (N-methyl/N-ethyl adjacent to an activating group) is 1. The van der Waals surface area contributed by atoms with Gasteiger partial charge in [0.2, 0.25) is 10.0 Å². The van der Waals surface area contributed by atoms with Crippen LogP contribution in [0.5, 0.6) is 0 Å². The maximum Gasteiger partial charge on any atom is 0.262 e. The summed E-state index contributed by atoms with van der Waals surface area (Å²) >= 11 is 2.93. The maximum atomic E-state index is 13.0. The van der Waals surface area contributed by atoms with Crippen molar-refractivity contribution in [3.63, 3.8) is 0 Å². The number of thiophene rings is 1. The average Bonchev–Trinajstić information content (AvgIpc) is 3.23. The summed E-state index contributed by atoms with van der Waals surface area (Å²) in [5.74, 6) is 1.25. The number of hydrogen-bond donors (Lipinski definition) is 1. The first-order valence-corrected chi connectivity index (χ1v) is 13.2. The van der Waals surface area contributed by atoms with Crippen molar-refractivity contribution in [2.45, 2.75) is 18.7 Å². The molecule has 1 amide bonds. The highest BCUT2D eigenvalue weighted by Gasteiger charge is 2.31. The van der Waals surface area contributed by atoms with E-state index in [4.69, 9.17) is 0 Å². The lowest BCUT2D eigenvalue weighted by Crippen LogP contribution is -2.39. The third kappa shape index (κ3) is 5.14. The Hall–Kier alpha value is -1.55. The summed E-state index contributed by atoms with van der Waals surface area (Å²) in [6.07, 6.45) is 0. The molecule has 3 rings (SSSR count). The van der Waals surface area contributed by atoms with Crippen LogP contribution in [0.4, 0.5) is 5.69 Å². The number of anilines is 1. The van der Waals surface area contributed by atoms with Gasteiger partial charge in [-0.2, -0.15) is 16.1 Å². The largest absolute Gasteiger partial charge is 0.370 e. The van der Waals surface area contributed by atoms with Crippen LogP contribution in [0.1, 0.15) is 22.2 Å². The minimum absolute atomic E-state index is 0.123. The molecular weight excluding hydrogens is 426 g/mol. The minimum Gasteiger partial charge on any atom is -0.370 e. The number of rotatable bonds is 8. The molecular formula is C20H27N3O3S3. The zero-order chi connectivity index (χ0) is 20.9. The summed E-state index contributed by atoms with van der Waals surface area (Å²) in [5, 5.41) is 4.57. The highest BCUT2D eigenvalue weighted by Crippen LogP contribution is 2.27. The highest BCUT2D eigenvalue weighted by molar-refractivity contribution is 7.99. The number of nitrogens with zero attached hydrogens (tertiary/aromatic N) is 2. The SMILES string of the molecule is CCN(CCNC(=O)c1sccc1S(=O)(=O)N1CCSCC1)c1ccccc1C. The fourth-order valence-electron chi connectivity index (χ4n) is 3.34. The fraction of sp³-hybridized carbons (Fsp3) is 0.450. The summed E-state index contributed by atoms with van der Waals surface area (Å²) in [5.41, 5.74) is 2.33. The molecule has 1 aliphatic rings. The van der Waals surface area contributed by atoms with Gasteiger partial charge in [-0.3, -0.25) is 4.79 Å². The Morgan fingerprint density at radius 1 is 1.21 bits per heavy atom. The van der Waals surface area contributed by atoms with Gasteiger partial charge in [0.15, 0.2) is 0 Å². The lowest BCUT2D eigenvalue weighted by Gasteiger charge is -2.26. The van der Waals surface area contributed by atoms with E-state index >= 15 is 0 Å². The smallest absolute Gasteiger partial charge is 0.262 e. The summed E-state index contributed by atoms with van der Waals surface area (Å²) in [4.78, 5) is 15.3. The Morgan fingerprint density at radius 2 is 1.93 bits per heavy atom. The monoisotopic (exact) mass is 453 g/mol. The Balaban J connectivity index is 1.65. The number of aryl methyl sites for hydroxylation is 1. The van der Waals surface area contributed by atoms with Crippen LogP contribution < -0.4 is 10.2 Å². The summed E-state index contributed by atoms with van der Waals surface area (Å²) < 4.78 is 27.4. The van der Waals surface area contributed by atoms with Gasteiger partial charge in [0.05, 0.1) is 0 Å². The highest BCUT2D eigenvalue weighted by atomic mass is 32.2. The van der Waals surface area contributed by atoms with E-state index in [1.165, 1.54) is 21.2 Å². The Labute approximate surface area is 181 Å². The van der Waals surface area contributed by atoms with E-state index in [2.05, 4.69) is 36.2 Å². The second-order valence-electron chi connectivity index (χ2n) is 6.75. The number of para-hydroxylation sites is 1. The van der Waals surface area contributed by atoms with E-state index in [1.54, 1.807) is 23.2 Å². The van der Waals surface area contributed by atoms with Gasteiger partial charge in [-0.1, -0.05) is 18.2 Å². The lowest BCUT2D eigenvalue weighted by atomic mass is 10.2. The lowest BCUT2D eigenvalue weighted by molar-refractivity contribution is 0.0955. The van der Waals surface area contributed by atoms with Crippen LogP contribution in [-0.2, 0) is 10.0 Å². The predicted molar refractivity (Wildman–Crippen MR) is 122 cm³/mol. The molecule has 1 aliphatic heterocycles. The average molecular weight is 454 g/mol. The van der Waals surface area contributed by atoms with E-state index in [0.717, 1.165) is 23.7 Å². The molecule has 1 N–H and O–H groups in total. The van der Waals surface area contributed by atoms with Gasteiger partial charge in [0.1, 0.15) is 9.77 Å². The third-order valence-corrected chi connectivity index (χ3v) is 8.85. The van der Waals surface area contributed by atoms with Crippen molar-refractivity contribution < 1.29 is 13.2 Å². The second kappa shape index (κ2) is 9.97. The Kier molecular flexibility index (Phi) is 7.61. The molecule has 0 unspecified atom stereocenters. The zero-order valence-corrected chi connectivity index (χ0v) is 19.2. The second-order valence-corrected chi connectivity index (χ2v) is 10.8. The molecule has 0 bridgehead atoms. The van der Waals surface area contributed by atoms with Crippen LogP contribution in [-0.4, -0.2) is 62.9 Å². The van der Waals surface area contributed by atoms with E-state index in [9.17, 15) is 13.2 Å². The van der Waals surface area contributed by atoms with Crippen LogP contribution in [0.2, 0.25) is 0 Å². The molecule has 1 saturated heterocycles. The molecule has 2 aromatic rings.